The van der Waals surface area contributed by atoms with Gasteiger partial charge in [-0.05, 0) is 29.7 Å². The lowest BCUT2D eigenvalue weighted by Gasteiger charge is -2.22. The van der Waals surface area contributed by atoms with Crippen LogP contribution < -0.4 is 10.6 Å². The van der Waals surface area contributed by atoms with Crippen LogP contribution in [0.2, 0.25) is 0 Å². The average Bonchev–Trinajstić information content (AvgIpc) is 2.83. The minimum atomic E-state index is -0.866. The zero-order valence-corrected chi connectivity index (χ0v) is 18.6. The number of hydrogen-bond donors (Lipinski definition) is 2. The van der Waals surface area contributed by atoms with E-state index in [1.165, 1.54) is 6.92 Å². The van der Waals surface area contributed by atoms with Gasteiger partial charge < -0.3 is 15.4 Å². The highest BCUT2D eigenvalue weighted by atomic mass is 16.5. The zero-order valence-electron chi connectivity index (χ0n) is 18.6. The topological polar surface area (TPSA) is 84.5 Å². The van der Waals surface area contributed by atoms with Crippen molar-refractivity contribution in [2.24, 2.45) is 0 Å². The maximum atomic E-state index is 13.0. The Morgan fingerprint density at radius 1 is 0.727 bits per heavy atom. The summed E-state index contributed by atoms with van der Waals surface area (Å²) in [4.78, 5) is 37.4. The summed E-state index contributed by atoms with van der Waals surface area (Å²) in [6.45, 7) is 1.43. The molecule has 2 N–H and O–H groups in total. The molecular formula is C27H28N2O4. The second kappa shape index (κ2) is 12.2. The molecule has 3 aromatic carbocycles. The highest BCUT2D eigenvalue weighted by Gasteiger charge is 2.25. The van der Waals surface area contributed by atoms with Gasteiger partial charge in [0.15, 0.2) is 0 Å². The van der Waals surface area contributed by atoms with Crippen molar-refractivity contribution in [2.45, 2.75) is 31.8 Å². The lowest BCUT2D eigenvalue weighted by atomic mass is 10.0. The predicted molar refractivity (Wildman–Crippen MR) is 127 cm³/mol. The third kappa shape index (κ3) is 7.92. The molecule has 0 saturated heterocycles. The molecule has 33 heavy (non-hydrogen) atoms. The summed E-state index contributed by atoms with van der Waals surface area (Å²) in [5, 5.41) is 5.63. The molecule has 0 heterocycles. The van der Waals surface area contributed by atoms with Crippen LogP contribution in [0.4, 0.5) is 0 Å². The SMILES string of the molecule is CC(=O)N[C@H](COC(=O)[C@H](Cc1ccccc1)NC(=O)c1ccccc1)Cc1ccccc1. The van der Waals surface area contributed by atoms with Crippen LogP contribution in [0.5, 0.6) is 0 Å². The molecule has 0 spiro atoms. The fourth-order valence-electron chi connectivity index (χ4n) is 3.50. The standard InChI is InChI=1S/C27H28N2O4/c1-20(30)28-24(17-21-11-5-2-6-12-21)19-33-27(32)25(18-22-13-7-3-8-14-22)29-26(31)23-15-9-4-10-16-23/h2-16,24-25H,17-19H2,1H3,(H,28,30)(H,29,31)/t24-,25-/m0/s1. The van der Waals surface area contributed by atoms with Crippen LogP contribution in [-0.4, -0.2) is 36.5 Å². The Morgan fingerprint density at radius 3 is 1.79 bits per heavy atom. The molecule has 2 atom stereocenters. The highest BCUT2D eigenvalue weighted by molar-refractivity contribution is 5.96. The summed E-state index contributed by atoms with van der Waals surface area (Å²) in [7, 11) is 0. The summed E-state index contributed by atoms with van der Waals surface area (Å²) in [6, 6.07) is 26.6. The number of amides is 2. The Balaban J connectivity index is 1.69. The van der Waals surface area contributed by atoms with Crippen LogP contribution in [-0.2, 0) is 27.2 Å². The van der Waals surface area contributed by atoms with Gasteiger partial charge in [0.2, 0.25) is 5.91 Å². The normalized spacial score (nSPS) is 12.3. The van der Waals surface area contributed by atoms with E-state index < -0.39 is 12.0 Å². The van der Waals surface area contributed by atoms with E-state index in [1.807, 2.05) is 66.7 Å². The first-order valence-electron chi connectivity index (χ1n) is 10.9. The molecule has 0 radical (unpaired) electrons. The number of ether oxygens (including phenoxy) is 1. The molecule has 0 aliphatic carbocycles. The molecule has 0 aliphatic rings. The van der Waals surface area contributed by atoms with Crippen molar-refractivity contribution in [3.05, 3.63) is 108 Å². The summed E-state index contributed by atoms with van der Waals surface area (Å²) in [5.74, 6) is -1.10. The van der Waals surface area contributed by atoms with Gasteiger partial charge in [0, 0.05) is 18.9 Å². The molecule has 0 aromatic heterocycles. The summed E-state index contributed by atoms with van der Waals surface area (Å²) >= 11 is 0. The lowest BCUT2D eigenvalue weighted by Crippen LogP contribution is -2.45. The minimum Gasteiger partial charge on any atom is -0.462 e. The van der Waals surface area contributed by atoms with Crippen molar-refractivity contribution in [1.82, 2.24) is 10.6 Å². The molecule has 0 saturated carbocycles. The average molecular weight is 445 g/mol. The quantitative estimate of drug-likeness (QED) is 0.470. The molecule has 0 bridgehead atoms. The molecule has 0 unspecified atom stereocenters. The summed E-state index contributed by atoms with van der Waals surface area (Å²) in [5.41, 5.74) is 2.38. The summed E-state index contributed by atoms with van der Waals surface area (Å²) in [6.07, 6.45) is 0.815. The van der Waals surface area contributed by atoms with Crippen molar-refractivity contribution < 1.29 is 19.1 Å². The lowest BCUT2D eigenvalue weighted by molar-refractivity contribution is -0.147. The third-order valence-electron chi connectivity index (χ3n) is 5.07. The molecule has 6 heteroatoms. The van der Waals surface area contributed by atoms with Crippen LogP contribution >= 0.6 is 0 Å². The second-order valence-corrected chi connectivity index (χ2v) is 7.80. The van der Waals surface area contributed by atoms with Crippen LogP contribution in [0, 0.1) is 0 Å². The number of hydrogen-bond acceptors (Lipinski definition) is 4. The summed E-state index contributed by atoms with van der Waals surface area (Å²) < 4.78 is 5.58. The fraction of sp³-hybridized carbons (Fsp3) is 0.222. The van der Waals surface area contributed by atoms with Gasteiger partial charge in [-0.25, -0.2) is 4.79 Å². The van der Waals surface area contributed by atoms with E-state index >= 15 is 0 Å². The van der Waals surface area contributed by atoms with Crippen LogP contribution in [0.15, 0.2) is 91.0 Å². The molecule has 170 valence electrons. The van der Waals surface area contributed by atoms with Crippen molar-refractivity contribution >= 4 is 17.8 Å². The van der Waals surface area contributed by atoms with E-state index in [9.17, 15) is 14.4 Å². The van der Waals surface area contributed by atoms with Crippen molar-refractivity contribution in [1.29, 1.82) is 0 Å². The maximum absolute atomic E-state index is 13.0. The Bertz CT molecular complexity index is 1040. The van der Waals surface area contributed by atoms with E-state index in [0.29, 0.717) is 18.4 Å². The van der Waals surface area contributed by atoms with Gasteiger partial charge in [0.1, 0.15) is 12.6 Å². The van der Waals surface area contributed by atoms with Gasteiger partial charge in [0.05, 0.1) is 6.04 Å². The number of carbonyl (C=O) groups excluding carboxylic acids is 3. The third-order valence-corrected chi connectivity index (χ3v) is 5.07. The second-order valence-electron chi connectivity index (χ2n) is 7.80. The molecule has 2 amide bonds. The number of nitrogens with one attached hydrogen (secondary N) is 2. The Morgan fingerprint density at radius 2 is 1.24 bits per heavy atom. The van der Waals surface area contributed by atoms with E-state index in [4.69, 9.17) is 4.74 Å². The number of benzene rings is 3. The molecule has 6 nitrogen and oxygen atoms in total. The maximum Gasteiger partial charge on any atom is 0.329 e. The highest BCUT2D eigenvalue weighted by Crippen LogP contribution is 2.09. The van der Waals surface area contributed by atoms with Gasteiger partial charge in [-0.1, -0.05) is 78.9 Å². The van der Waals surface area contributed by atoms with E-state index in [-0.39, 0.29) is 24.5 Å². The largest absolute Gasteiger partial charge is 0.462 e. The van der Waals surface area contributed by atoms with Gasteiger partial charge >= 0.3 is 5.97 Å². The predicted octanol–water partition coefficient (Wildman–Crippen LogP) is 3.32. The fourth-order valence-corrected chi connectivity index (χ4v) is 3.50. The molecular weight excluding hydrogens is 416 g/mol. The van der Waals surface area contributed by atoms with E-state index in [2.05, 4.69) is 10.6 Å². The van der Waals surface area contributed by atoms with Gasteiger partial charge in [0.25, 0.3) is 5.91 Å². The van der Waals surface area contributed by atoms with Crippen LogP contribution in [0.25, 0.3) is 0 Å². The molecule has 3 aromatic rings. The van der Waals surface area contributed by atoms with Gasteiger partial charge in [-0.2, -0.15) is 0 Å². The Kier molecular flexibility index (Phi) is 8.77. The Labute approximate surface area is 194 Å². The van der Waals surface area contributed by atoms with Crippen molar-refractivity contribution in [3.63, 3.8) is 0 Å². The van der Waals surface area contributed by atoms with Crippen LogP contribution in [0.3, 0.4) is 0 Å². The van der Waals surface area contributed by atoms with Crippen LogP contribution in [0.1, 0.15) is 28.4 Å². The number of rotatable bonds is 10. The molecule has 3 rings (SSSR count). The Hall–Kier alpha value is -3.93. The first-order chi connectivity index (χ1) is 16.0. The van der Waals surface area contributed by atoms with Crippen molar-refractivity contribution in [2.75, 3.05) is 6.61 Å². The van der Waals surface area contributed by atoms with Crippen molar-refractivity contribution in [3.8, 4) is 0 Å². The number of carbonyl (C=O) groups is 3. The van der Waals surface area contributed by atoms with Gasteiger partial charge in [-0.3, -0.25) is 9.59 Å². The monoisotopic (exact) mass is 444 g/mol. The first kappa shape index (κ1) is 23.7. The molecule has 0 fully saturated rings. The molecule has 0 aliphatic heterocycles. The number of esters is 1. The minimum absolute atomic E-state index is 0.000194. The first-order valence-corrected chi connectivity index (χ1v) is 10.9. The smallest absolute Gasteiger partial charge is 0.329 e. The van der Waals surface area contributed by atoms with E-state index in [1.54, 1.807) is 24.3 Å². The van der Waals surface area contributed by atoms with E-state index in [0.717, 1.165) is 11.1 Å². The zero-order chi connectivity index (χ0) is 23.5. The van der Waals surface area contributed by atoms with Gasteiger partial charge in [-0.15, -0.1) is 0 Å².